The van der Waals surface area contributed by atoms with E-state index in [-0.39, 0.29) is 5.91 Å². The number of amides is 1. The predicted octanol–water partition coefficient (Wildman–Crippen LogP) is 3.65. The molecule has 6 nitrogen and oxygen atoms in total. The molecule has 1 N–H and O–H groups in total. The maximum absolute atomic E-state index is 12.5. The number of carbonyl (C=O) groups excluding carboxylic acids is 1. The summed E-state index contributed by atoms with van der Waals surface area (Å²) >= 11 is 0. The highest BCUT2D eigenvalue weighted by molar-refractivity contribution is 5.92. The van der Waals surface area contributed by atoms with Gasteiger partial charge in [0.25, 0.3) is 0 Å². The number of nitrogens with one attached hydrogen (secondary N) is 1. The normalized spacial score (nSPS) is 17.3. The summed E-state index contributed by atoms with van der Waals surface area (Å²) in [6, 6.07) is 9.81. The number of ether oxygens (including phenoxy) is 2. The molecule has 0 spiro atoms. The molecule has 1 atom stereocenters. The van der Waals surface area contributed by atoms with Crippen LogP contribution in [0.25, 0.3) is 0 Å². The fraction of sp³-hybridized carbons (Fsp3) is 0.429. The van der Waals surface area contributed by atoms with E-state index in [9.17, 15) is 4.79 Å². The van der Waals surface area contributed by atoms with E-state index in [2.05, 4.69) is 21.3 Å². The van der Waals surface area contributed by atoms with Crippen molar-refractivity contribution in [3.05, 3.63) is 48.3 Å². The number of nitrogens with zero attached hydrogens (tertiary/aromatic N) is 2. The molecule has 27 heavy (non-hydrogen) atoms. The van der Waals surface area contributed by atoms with Gasteiger partial charge in [0, 0.05) is 37.5 Å². The van der Waals surface area contributed by atoms with Crippen LogP contribution in [-0.2, 0) is 4.79 Å². The molecule has 1 aromatic heterocycles. The van der Waals surface area contributed by atoms with Crippen molar-refractivity contribution in [3.8, 4) is 11.5 Å². The van der Waals surface area contributed by atoms with Gasteiger partial charge >= 0.3 is 0 Å². The minimum Gasteiger partial charge on any atom is -0.497 e. The average molecular weight is 369 g/mol. The molecule has 1 saturated heterocycles. The first-order valence-corrected chi connectivity index (χ1v) is 9.37. The summed E-state index contributed by atoms with van der Waals surface area (Å²) in [6.45, 7) is 1.74. The Bertz CT molecular complexity index is 752. The van der Waals surface area contributed by atoms with E-state index in [0.29, 0.717) is 29.6 Å². The van der Waals surface area contributed by atoms with Crippen LogP contribution in [0.2, 0.25) is 0 Å². The second-order valence-electron chi connectivity index (χ2n) is 6.70. The van der Waals surface area contributed by atoms with Gasteiger partial charge in [-0.2, -0.15) is 0 Å². The highest BCUT2D eigenvalue weighted by atomic mass is 16.5. The third-order valence-corrected chi connectivity index (χ3v) is 4.99. The van der Waals surface area contributed by atoms with Gasteiger partial charge in [0.2, 0.25) is 5.91 Å². The van der Waals surface area contributed by atoms with E-state index in [0.717, 1.165) is 19.5 Å². The van der Waals surface area contributed by atoms with Crippen LogP contribution in [0.1, 0.15) is 37.3 Å². The first-order chi connectivity index (χ1) is 13.2. The zero-order chi connectivity index (χ0) is 19.1. The van der Waals surface area contributed by atoms with Crippen LogP contribution in [0.5, 0.6) is 11.5 Å². The van der Waals surface area contributed by atoms with Crippen LogP contribution in [0.4, 0.5) is 5.69 Å². The van der Waals surface area contributed by atoms with Crippen LogP contribution in [0.15, 0.2) is 42.7 Å². The van der Waals surface area contributed by atoms with Crippen molar-refractivity contribution in [2.45, 2.75) is 31.7 Å². The summed E-state index contributed by atoms with van der Waals surface area (Å²) < 4.78 is 10.5. The van der Waals surface area contributed by atoms with Gasteiger partial charge in [-0.3, -0.25) is 14.7 Å². The summed E-state index contributed by atoms with van der Waals surface area (Å²) in [5.41, 5.74) is 1.89. The first kappa shape index (κ1) is 19.2. The molecule has 2 aromatic rings. The largest absolute Gasteiger partial charge is 0.497 e. The summed E-state index contributed by atoms with van der Waals surface area (Å²) in [5, 5.41) is 2.95. The molecule has 0 aliphatic carbocycles. The van der Waals surface area contributed by atoms with Gasteiger partial charge < -0.3 is 14.8 Å². The quantitative estimate of drug-likeness (QED) is 0.807. The van der Waals surface area contributed by atoms with Gasteiger partial charge in [-0.05, 0) is 43.1 Å². The Morgan fingerprint density at radius 2 is 2.15 bits per heavy atom. The van der Waals surface area contributed by atoms with Gasteiger partial charge in [-0.25, -0.2) is 0 Å². The number of likely N-dealkylation sites (tertiary alicyclic amines) is 1. The molecule has 6 heteroatoms. The lowest BCUT2D eigenvalue weighted by molar-refractivity contribution is -0.116. The Morgan fingerprint density at radius 1 is 1.26 bits per heavy atom. The number of hydrogen-bond acceptors (Lipinski definition) is 5. The Morgan fingerprint density at radius 3 is 2.89 bits per heavy atom. The highest BCUT2D eigenvalue weighted by Gasteiger charge is 2.24. The number of aromatic nitrogens is 1. The third kappa shape index (κ3) is 4.98. The molecular weight excluding hydrogens is 342 g/mol. The zero-order valence-electron chi connectivity index (χ0n) is 16.0. The van der Waals surface area contributed by atoms with Gasteiger partial charge in [-0.15, -0.1) is 0 Å². The van der Waals surface area contributed by atoms with Crippen molar-refractivity contribution in [2.75, 3.05) is 32.6 Å². The van der Waals surface area contributed by atoms with Gasteiger partial charge in [0.05, 0.1) is 19.9 Å². The number of benzene rings is 1. The SMILES string of the molecule is COc1ccc(NC(=O)CCN2CCCCC2c2cccnc2)c(OC)c1. The molecule has 1 fully saturated rings. The summed E-state index contributed by atoms with van der Waals surface area (Å²) in [7, 11) is 3.18. The number of hydrogen-bond donors (Lipinski definition) is 1. The molecule has 3 rings (SSSR count). The molecule has 1 unspecified atom stereocenters. The summed E-state index contributed by atoms with van der Waals surface area (Å²) in [4.78, 5) is 19.1. The van der Waals surface area contributed by atoms with E-state index in [1.165, 1.54) is 18.4 Å². The van der Waals surface area contributed by atoms with Crippen LogP contribution in [0, 0.1) is 0 Å². The second-order valence-corrected chi connectivity index (χ2v) is 6.70. The van der Waals surface area contributed by atoms with Crippen LogP contribution in [0.3, 0.4) is 0 Å². The number of carbonyl (C=O) groups is 1. The van der Waals surface area contributed by atoms with Crippen molar-refractivity contribution in [3.63, 3.8) is 0 Å². The number of anilines is 1. The third-order valence-electron chi connectivity index (χ3n) is 4.99. The average Bonchev–Trinajstić information content (AvgIpc) is 2.73. The van der Waals surface area contributed by atoms with E-state index in [4.69, 9.17) is 9.47 Å². The van der Waals surface area contributed by atoms with Crippen molar-refractivity contribution in [2.24, 2.45) is 0 Å². The minimum absolute atomic E-state index is 0.0195. The fourth-order valence-electron chi connectivity index (χ4n) is 3.57. The van der Waals surface area contributed by atoms with E-state index < -0.39 is 0 Å². The maximum atomic E-state index is 12.5. The fourth-order valence-corrected chi connectivity index (χ4v) is 3.57. The molecule has 144 valence electrons. The standard InChI is InChI=1S/C21H27N3O3/c1-26-17-8-9-18(20(14-17)27-2)23-21(25)10-13-24-12-4-3-7-19(24)16-6-5-11-22-15-16/h5-6,8-9,11,14-15,19H,3-4,7,10,12-13H2,1-2H3,(H,23,25). The molecule has 2 heterocycles. The predicted molar refractivity (Wildman–Crippen MR) is 105 cm³/mol. The van der Waals surface area contributed by atoms with Crippen molar-refractivity contribution < 1.29 is 14.3 Å². The lowest BCUT2D eigenvalue weighted by Crippen LogP contribution is -2.35. The highest BCUT2D eigenvalue weighted by Crippen LogP contribution is 2.31. The van der Waals surface area contributed by atoms with Crippen molar-refractivity contribution >= 4 is 11.6 Å². The molecule has 1 aliphatic heterocycles. The number of methoxy groups -OCH3 is 2. The van der Waals surface area contributed by atoms with Crippen LogP contribution >= 0.6 is 0 Å². The van der Waals surface area contributed by atoms with Gasteiger partial charge in [-0.1, -0.05) is 12.5 Å². The number of pyridine rings is 1. The Hall–Kier alpha value is -2.60. The van der Waals surface area contributed by atoms with Crippen molar-refractivity contribution in [1.29, 1.82) is 0 Å². The molecule has 1 aromatic carbocycles. The monoisotopic (exact) mass is 369 g/mol. The van der Waals surface area contributed by atoms with Crippen LogP contribution in [-0.4, -0.2) is 43.1 Å². The topological polar surface area (TPSA) is 63.7 Å². The lowest BCUT2D eigenvalue weighted by Gasteiger charge is -2.35. The van der Waals surface area contributed by atoms with E-state index in [1.54, 1.807) is 38.6 Å². The minimum atomic E-state index is -0.0195. The van der Waals surface area contributed by atoms with E-state index in [1.807, 2.05) is 12.3 Å². The number of rotatable bonds is 7. The molecule has 0 saturated carbocycles. The smallest absolute Gasteiger partial charge is 0.225 e. The number of piperidine rings is 1. The summed E-state index contributed by atoms with van der Waals surface area (Å²) in [5.74, 6) is 1.26. The lowest BCUT2D eigenvalue weighted by atomic mass is 9.96. The molecule has 1 amide bonds. The van der Waals surface area contributed by atoms with Crippen molar-refractivity contribution in [1.82, 2.24) is 9.88 Å². The second kappa shape index (κ2) is 9.37. The molecule has 0 bridgehead atoms. The maximum Gasteiger partial charge on any atom is 0.225 e. The Kier molecular flexibility index (Phi) is 6.65. The Balaban J connectivity index is 1.59. The molecule has 1 aliphatic rings. The Labute approximate surface area is 160 Å². The summed E-state index contributed by atoms with van der Waals surface area (Å²) in [6.07, 6.45) is 7.67. The van der Waals surface area contributed by atoms with Gasteiger partial charge in [0.15, 0.2) is 0 Å². The first-order valence-electron chi connectivity index (χ1n) is 9.37. The van der Waals surface area contributed by atoms with Gasteiger partial charge in [0.1, 0.15) is 11.5 Å². The van der Waals surface area contributed by atoms with Crippen LogP contribution < -0.4 is 14.8 Å². The molecule has 0 radical (unpaired) electrons. The van der Waals surface area contributed by atoms with E-state index >= 15 is 0 Å². The zero-order valence-corrected chi connectivity index (χ0v) is 16.0. The molecular formula is C21H27N3O3.